The molecular weight excluding hydrogens is 663 g/mol. The summed E-state index contributed by atoms with van der Waals surface area (Å²) in [5, 5.41) is 7.42. The normalized spacial score (nSPS) is 11.2. The summed E-state index contributed by atoms with van der Waals surface area (Å²) in [6.45, 7) is 1.08. The number of nitrogens with zero attached hydrogens (tertiary/aromatic N) is 4. The average molecular weight is 692 g/mol. The van der Waals surface area contributed by atoms with Crippen LogP contribution in [0.15, 0.2) is 84.9 Å². The molecule has 0 saturated carbocycles. The molecule has 0 spiro atoms. The average Bonchev–Trinajstić information content (AvgIpc) is 3.91. The van der Waals surface area contributed by atoms with Crippen LogP contribution >= 0.6 is 0 Å². The van der Waals surface area contributed by atoms with Crippen LogP contribution in [0.25, 0.3) is 68.6 Å². The maximum absolute atomic E-state index is 12.0. The van der Waals surface area contributed by atoms with E-state index >= 15 is 0 Å². The standard InChI is InChI=1S/C36H25N4O4.C2H4O2.Mn/c1-43-35(41)23-7-3-21(4-8-23)33-29-15-11-25(37-29)19-27-13-17-31(39-27)34(22-5-9-24(10-6-22)36(42)44-2)32-18-14-28(40-32)20-26-12-16-30(33)38-26;1-2(3)4;/h3-20H,1-2H3,(H-,37,38,39,40,41,42);1H3,(H,3,4);/q-1;;+2/p-1. The van der Waals surface area contributed by atoms with E-state index in [9.17, 15) is 9.59 Å². The summed E-state index contributed by atoms with van der Waals surface area (Å²) in [6, 6.07) is 26.1. The molecular formula is C38H28MnN4O6. The van der Waals surface area contributed by atoms with E-state index in [2.05, 4.69) is 0 Å². The molecule has 2 aromatic carbocycles. The minimum atomic E-state index is -0.833. The molecule has 1 radical (unpaired) electrons. The zero-order valence-corrected chi connectivity index (χ0v) is 27.7. The minimum Gasteiger partial charge on any atom is -0.657 e. The van der Waals surface area contributed by atoms with Gasteiger partial charge in [0.2, 0.25) is 0 Å². The first-order valence-electron chi connectivity index (χ1n) is 14.8. The maximum Gasteiger partial charge on any atom is 2.00 e. The Morgan fingerprint density at radius 2 is 0.959 bits per heavy atom. The molecule has 1 N–H and O–H groups in total. The third-order valence-corrected chi connectivity index (χ3v) is 7.45. The van der Waals surface area contributed by atoms with E-state index in [0.717, 1.165) is 74.0 Å². The molecule has 0 unspecified atom stereocenters. The number of rotatable bonds is 4. The number of carboxylic acids is 1. The summed E-state index contributed by atoms with van der Waals surface area (Å²) in [6.07, 6.45) is 7.81. The van der Waals surface area contributed by atoms with Gasteiger partial charge in [0.05, 0.1) is 48.1 Å². The fourth-order valence-electron chi connectivity index (χ4n) is 5.33. The summed E-state index contributed by atoms with van der Waals surface area (Å²) >= 11 is 0. The SMILES string of the molecule is CC(=O)O.COC(=O)c1ccc(-c2c3nc(cc4ccc([n-]4)c(-c4ccc(C(=O)OC)cc4)c4nc(cc5ccc2[n-]5)C=C4)C=C3)cc1.[Mn+2]. The van der Waals surface area contributed by atoms with E-state index in [4.69, 9.17) is 39.3 Å². The van der Waals surface area contributed by atoms with Crippen LogP contribution in [0.4, 0.5) is 0 Å². The second-order valence-corrected chi connectivity index (χ2v) is 10.7. The topological polar surface area (TPSA) is 144 Å². The summed E-state index contributed by atoms with van der Waals surface area (Å²) in [7, 11) is 2.73. The molecule has 2 aliphatic heterocycles. The maximum atomic E-state index is 12.0. The van der Waals surface area contributed by atoms with Gasteiger partial charge in [-0.2, -0.15) is 0 Å². The van der Waals surface area contributed by atoms with Crippen molar-refractivity contribution in [3.05, 3.63) is 119 Å². The van der Waals surface area contributed by atoms with E-state index in [1.165, 1.54) is 14.2 Å². The van der Waals surface area contributed by atoms with Crippen LogP contribution in [-0.4, -0.2) is 47.2 Å². The van der Waals surface area contributed by atoms with E-state index in [0.29, 0.717) is 11.1 Å². The monoisotopic (exact) mass is 691 g/mol. The first kappa shape index (κ1) is 34.3. The molecule has 11 heteroatoms. The number of aliphatic carboxylic acids is 1. The van der Waals surface area contributed by atoms with Gasteiger partial charge in [-0.05, 0) is 70.8 Å². The van der Waals surface area contributed by atoms with Gasteiger partial charge in [0, 0.05) is 6.92 Å². The molecule has 0 atom stereocenters. The van der Waals surface area contributed by atoms with Gasteiger partial charge < -0.3 is 24.5 Å². The van der Waals surface area contributed by atoms with Crippen molar-refractivity contribution in [1.82, 2.24) is 19.9 Å². The van der Waals surface area contributed by atoms with Crippen LogP contribution in [0, 0.1) is 0 Å². The summed E-state index contributed by atoms with van der Waals surface area (Å²) < 4.78 is 9.73. The Morgan fingerprint density at radius 1 is 0.592 bits per heavy atom. The molecule has 5 aromatic rings. The van der Waals surface area contributed by atoms with Gasteiger partial charge in [-0.25, -0.2) is 19.6 Å². The van der Waals surface area contributed by atoms with Gasteiger partial charge in [-0.3, -0.25) is 4.79 Å². The molecule has 0 aliphatic carbocycles. The Labute approximate surface area is 291 Å². The number of hydrogen-bond donors (Lipinski definition) is 1. The number of carbonyl (C=O) groups is 3. The van der Waals surface area contributed by atoms with Gasteiger partial charge >= 0.3 is 29.0 Å². The smallest absolute Gasteiger partial charge is 0.657 e. The summed E-state index contributed by atoms with van der Waals surface area (Å²) in [4.78, 5) is 52.8. The largest absolute Gasteiger partial charge is 2.00 e. The zero-order valence-electron chi connectivity index (χ0n) is 26.5. The zero-order chi connectivity index (χ0) is 33.8. The van der Waals surface area contributed by atoms with Gasteiger partial charge in [0.1, 0.15) is 0 Å². The van der Waals surface area contributed by atoms with Crippen molar-refractivity contribution in [1.29, 1.82) is 0 Å². The van der Waals surface area contributed by atoms with Crippen LogP contribution in [0.2, 0.25) is 0 Å². The van der Waals surface area contributed by atoms with Crippen molar-refractivity contribution >= 4 is 64.3 Å². The minimum absolute atomic E-state index is 0. The molecule has 0 saturated heterocycles. The molecule has 0 amide bonds. The molecule has 3 aromatic heterocycles. The molecule has 5 heterocycles. The van der Waals surface area contributed by atoms with Gasteiger partial charge in [-0.15, -0.1) is 22.1 Å². The molecule has 7 rings (SSSR count). The van der Waals surface area contributed by atoms with Crippen LogP contribution in [-0.2, 0) is 31.3 Å². The molecule has 49 heavy (non-hydrogen) atoms. The van der Waals surface area contributed by atoms with E-state index < -0.39 is 17.9 Å². The number of ether oxygens (including phenoxy) is 2. The van der Waals surface area contributed by atoms with Crippen molar-refractivity contribution in [2.45, 2.75) is 6.92 Å². The van der Waals surface area contributed by atoms with E-state index in [1.54, 1.807) is 24.3 Å². The Balaban J connectivity index is 0.000000889. The van der Waals surface area contributed by atoms with Crippen molar-refractivity contribution in [3.63, 3.8) is 0 Å². The quantitative estimate of drug-likeness (QED) is 0.153. The number of benzene rings is 2. The Hall–Kier alpha value is -6.03. The summed E-state index contributed by atoms with van der Waals surface area (Å²) in [5.74, 6) is -1.62. The van der Waals surface area contributed by atoms with E-state index in [-0.39, 0.29) is 17.1 Å². The van der Waals surface area contributed by atoms with Crippen molar-refractivity contribution in [2.24, 2.45) is 0 Å². The van der Waals surface area contributed by atoms with Gasteiger partial charge in [0.15, 0.2) is 0 Å². The van der Waals surface area contributed by atoms with Crippen LogP contribution in [0.5, 0.6) is 0 Å². The number of fused-ring (bicyclic) bond motifs is 8. The molecule has 10 nitrogen and oxygen atoms in total. The van der Waals surface area contributed by atoms with Crippen LogP contribution < -0.4 is 9.97 Å². The molecule has 0 fully saturated rings. The Kier molecular flexibility index (Phi) is 10.4. The van der Waals surface area contributed by atoms with Crippen molar-refractivity contribution in [2.75, 3.05) is 14.2 Å². The summed E-state index contributed by atoms with van der Waals surface area (Å²) in [5.41, 5.74) is 10.3. The van der Waals surface area contributed by atoms with Gasteiger partial charge in [-0.1, -0.05) is 60.7 Å². The number of carboxylic acid groups (broad SMARTS) is 1. The number of esters is 2. The predicted octanol–water partition coefficient (Wildman–Crippen LogP) is 6.91. The molecule has 243 valence electrons. The van der Waals surface area contributed by atoms with E-state index in [1.807, 2.05) is 85.0 Å². The number of carbonyl (C=O) groups excluding carboxylic acids is 2. The fraction of sp³-hybridized carbons (Fsp3) is 0.0789. The number of methoxy groups -OCH3 is 2. The van der Waals surface area contributed by atoms with Crippen molar-refractivity contribution < 1.29 is 46.0 Å². The second kappa shape index (κ2) is 14.8. The third-order valence-electron chi connectivity index (χ3n) is 7.45. The second-order valence-electron chi connectivity index (χ2n) is 10.7. The molecule has 8 bridgehead atoms. The van der Waals surface area contributed by atoms with Crippen molar-refractivity contribution in [3.8, 4) is 22.3 Å². The Morgan fingerprint density at radius 3 is 1.31 bits per heavy atom. The number of hydrogen-bond acceptors (Lipinski definition) is 7. The predicted molar refractivity (Wildman–Crippen MR) is 184 cm³/mol. The van der Waals surface area contributed by atoms with Crippen LogP contribution in [0.1, 0.15) is 50.4 Å². The van der Waals surface area contributed by atoms with Crippen LogP contribution in [0.3, 0.4) is 0 Å². The first-order chi connectivity index (χ1) is 23.2. The number of aromatic nitrogens is 4. The fourth-order valence-corrected chi connectivity index (χ4v) is 5.33. The molecule has 2 aliphatic rings. The Bertz CT molecular complexity index is 2120. The third kappa shape index (κ3) is 7.59. The first-order valence-corrected chi connectivity index (χ1v) is 14.8. The van der Waals surface area contributed by atoms with Gasteiger partial charge in [0.25, 0.3) is 5.97 Å².